The summed E-state index contributed by atoms with van der Waals surface area (Å²) >= 11 is 0. The number of carbonyl (C=O) groups excluding carboxylic acids is 1. The third-order valence-corrected chi connectivity index (χ3v) is 2.54. The maximum Gasteiger partial charge on any atom is 0.226 e. The van der Waals surface area contributed by atoms with Gasteiger partial charge in [-0.1, -0.05) is 24.2 Å². The van der Waals surface area contributed by atoms with Gasteiger partial charge in [0.25, 0.3) is 0 Å². The molecular weight excluding hydrogens is 244 g/mol. The van der Waals surface area contributed by atoms with Crippen molar-refractivity contribution in [2.75, 3.05) is 18.5 Å². The molecule has 0 aromatic heterocycles. The largest absolute Gasteiger partial charge is 0.411 e. The van der Waals surface area contributed by atoms with Crippen LogP contribution in [0.2, 0.25) is 0 Å². The van der Waals surface area contributed by atoms with Gasteiger partial charge in [-0.2, -0.15) is 0 Å². The molecule has 0 aliphatic heterocycles. The first-order valence-electron chi connectivity index (χ1n) is 6.34. The lowest BCUT2D eigenvalue weighted by atomic mass is 10.1. The Morgan fingerprint density at radius 1 is 1.42 bits per heavy atom. The van der Waals surface area contributed by atoms with Gasteiger partial charge in [0.15, 0.2) is 0 Å². The highest BCUT2D eigenvalue weighted by Gasteiger charge is 2.04. The first-order chi connectivity index (χ1) is 9.17. The van der Waals surface area contributed by atoms with E-state index in [1.54, 1.807) is 25.1 Å². The van der Waals surface area contributed by atoms with Crippen molar-refractivity contribution < 1.29 is 14.7 Å². The molecule has 1 aromatic rings. The Hall–Kier alpha value is -1.88. The quantitative estimate of drug-likeness (QED) is 0.344. The van der Waals surface area contributed by atoms with Crippen molar-refractivity contribution in [3.63, 3.8) is 0 Å². The fourth-order valence-corrected chi connectivity index (χ4v) is 1.51. The zero-order chi connectivity index (χ0) is 14.1. The normalized spacial score (nSPS) is 11.4. The zero-order valence-corrected chi connectivity index (χ0v) is 11.3. The van der Waals surface area contributed by atoms with E-state index < -0.39 is 0 Å². The number of benzene rings is 1. The van der Waals surface area contributed by atoms with Crippen molar-refractivity contribution in [3.05, 3.63) is 29.8 Å². The Labute approximate surface area is 113 Å². The van der Waals surface area contributed by atoms with Crippen LogP contribution in [0.15, 0.2) is 29.4 Å². The van der Waals surface area contributed by atoms with Gasteiger partial charge in [0, 0.05) is 17.9 Å². The maximum absolute atomic E-state index is 11.7. The first-order valence-corrected chi connectivity index (χ1v) is 6.34. The van der Waals surface area contributed by atoms with Crippen LogP contribution in [0.5, 0.6) is 0 Å². The average Bonchev–Trinajstić information content (AvgIpc) is 2.43. The van der Waals surface area contributed by atoms with Gasteiger partial charge in [0.05, 0.1) is 18.7 Å². The van der Waals surface area contributed by atoms with E-state index in [9.17, 15) is 4.79 Å². The second-order valence-corrected chi connectivity index (χ2v) is 4.18. The Morgan fingerprint density at radius 3 is 2.89 bits per heavy atom. The molecule has 0 aliphatic rings. The molecule has 0 atom stereocenters. The number of nitrogens with zero attached hydrogens (tertiary/aromatic N) is 1. The van der Waals surface area contributed by atoms with Crippen molar-refractivity contribution in [3.8, 4) is 0 Å². The smallest absolute Gasteiger partial charge is 0.226 e. The van der Waals surface area contributed by atoms with Gasteiger partial charge in [0.2, 0.25) is 5.91 Å². The molecule has 0 saturated carbocycles. The van der Waals surface area contributed by atoms with Crippen LogP contribution in [0.3, 0.4) is 0 Å². The molecule has 0 aliphatic carbocycles. The van der Waals surface area contributed by atoms with Gasteiger partial charge < -0.3 is 15.3 Å². The molecule has 0 bridgehead atoms. The number of amides is 1. The van der Waals surface area contributed by atoms with Gasteiger partial charge in [-0.25, -0.2) is 0 Å². The van der Waals surface area contributed by atoms with E-state index in [4.69, 9.17) is 9.94 Å². The van der Waals surface area contributed by atoms with Crippen LogP contribution >= 0.6 is 0 Å². The molecule has 5 heteroatoms. The molecule has 0 fully saturated rings. The highest BCUT2D eigenvalue weighted by molar-refractivity contribution is 6.00. The summed E-state index contributed by atoms with van der Waals surface area (Å²) in [6.45, 7) is 4.82. The summed E-state index contributed by atoms with van der Waals surface area (Å²) in [6, 6.07) is 7.17. The van der Waals surface area contributed by atoms with Crippen LogP contribution in [0.25, 0.3) is 0 Å². The van der Waals surface area contributed by atoms with E-state index in [1.807, 2.05) is 13.0 Å². The summed E-state index contributed by atoms with van der Waals surface area (Å²) in [6.07, 6.45) is 1.28. The van der Waals surface area contributed by atoms with E-state index >= 15 is 0 Å². The second-order valence-electron chi connectivity index (χ2n) is 4.18. The third-order valence-electron chi connectivity index (χ3n) is 2.54. The number of rotatable bonds is 7. The lowest BCUT2D eigenvalue weighted by Crippen LogP contribution is -2.14. The summed E-state index contributed by atoms with van der Waals surface area (Å²) in [5.41, 5.74) is 1.95. The maximum atomic E-state index is 11.7. The monoisotopic (exact) mass is 264 g/mol. The molecule has 5 nitrogen and oxygen atoms in total. The van der Waals surface area contributed by atoms with Crippen molar-refractivity contribution in [2.45, 2.75) is 26.7 Å². The minimum atomic E-state index is -0.0909. The van der Waals surface area contributed by atoms with Crippen LogP contribution in [-0.2, 0) is 9.53 Å². The number of hydrogen-bond acceptors (Lipinski definition) is 4. The van der Waals surface area contributed by atoms with Crippen LogP contribution in [0.1, 0.15) is 32.3 Å². The average molecular weight is 264 g/mol. The molecule has 1 aromatic carbocycles. The SMILES string of the molecule is CCCOCCC(=O)Nc1cccc(C(C)=NO)c1. The molecule has 0 unspecified atom stereocenters. The van der Waals surface area contributed by atoms with Crippen LogP contribution in [0, 0.1) is 0 Å². The number of anilines is 1. The molecule has 0 heterocycles. The van der Waals surface area contributed by atoms with Crippen LogP contribution in [-0.4, -0.2) is 30.0 Å². The lowest BCUT2D eigenvalue weighted by Gasteiger charge is -2.07. The van der Waals surface area contributed by atoms with Gasteiger partial charge in [0.1, 0.15) is 0 Å². The number of hydrogen-bond donors (Lipinski definition) is 2. The highest BCUT2D eigenvalue weighted by Crippen LogP contribution is 2.11. The van der Waals surface area contributed by atoms with Crippen LogP contribution < -0.4 is 5.32 Å². The Bertz CT molecular complexity index is 444. The number of carbonyl (C=O) groups is 1. The number of ether oxygens (including phenoxy) is 1. The summed E-state index contributed by atoms with van der Waals surface area (Å²) in [5.74, 6) is -0.0909. The standard InChI is InChI=1S/C14H20N2O3/c1-3-8-19-9-7-14(17)15-13-6-4-5-12(10-13)11(2)16-18/h4-6,10,18H,3,7-9H2,1-2H3,(H,15,17). The molecular formula is C14H20N2O3. The minimum Gasteiger partial charge on any atom is -0.411 e. The summed E-state index contributed by atoms with van der Waals surface area (Å²) in [7, 11) is 0. The van der Waals surface area contributed by atoms with Gasteiger partial charge >= 0.3 is 0 Å². The molecule has 2 N–H and O–H groups in total. The minimum absolute atomic E-state index is 0.0909. The molecule has 1 rings (SSSR count). The number of oxime groups is 1. The van der Waals surface area contributed by atoms with E-state index in [-0.39, 0.29) is 5.91 Å². The van der Waals surface area contributed by atoms with Gasteiger partial charge in [-0.15, -0.1) is 0 Å². The molecule has 0 saturated heterocycles. The second kappa shape index (κ2) is 8.26. The Balaban J connectivity index is 2.50. The van der Waals surface area contributed by atoms with E-state index in [2.05, 4.69) is 10.5 Å². The van der Waals surface area contributed by atoms with E-state index in [0.29, 0.717) is 31.0 Å². The van der Waals surface area contributed by atoms with Crippen molar-refractivity contribution >= 4 is 17.3 Å². The molecule has 19 heavy (non-hydrogen) atoms. The predicted octanol–water partition coefficient (Wildman–Crippen LogP) is 2.64. The van der Waals surface area contributed by atoms with Gasteiger partial charge in [-0.05, 0) is 25.5 Å². The van der Waals surface area contributed by atoms with Crippen LogP contribution in [0.4, 0.5) is 5.69 Å². The van der Waals surface area contributed by atoms with Crippen molar-refractivity contribution in [2.24, 2.45) is 5.16 Å². The molecule has 0 spiro atoms. The summed E-state index contributed by atoms with van der Waals surface area (Å²) < 4.78 is 5.26. The highest BCUT2D eigenvalue weighted by atomic mass is 16.5. The number of nitrogens with one attached hydrogen (secondary N) is 1. The first kappa shape index (κ1) is 15.2. The van der Waals surface area contributed by atoms with E-state index in [0.717, 1.165) is 12.0 Å². The Kier molecular flexibility index (Phi) is 6.60. The topological polar surface area (TPSA) is 70.9 Å². The van der Waals surface area contributed by atoms with Crippen molar-refractivity contribution in [1.29, 1.82) is 0 Å². The zero-order valence-electron chi connectivity index (χ0n) is 11.3. The molecule has 104 valence electrons. The fourth-order valence-electron chi connectivity index (χ4n) is 1.51. The van der Waals surface area contributed by atoms with E-state index in [1.165, 1.54) is 0 Å². The molecule has 0 radical (unpaired) electrons. The van der Waals surface area contributed by atoms with Gasteiger partial charge in [-0.3, -0.25) is 4.79 Å². The molecule has 1 amide bonds. The Morgan fingerprint density at radius 2 is 2.21 bits per heavy atom. The predicted molar refractivity (Wildman–Crippen MR) is 74.8 cm³/mol. The fraction of sp³-hybridized carbons (Fsp3) is 0.429. The summed E-state index contributed by atoms with van der Waals surface area (Å²) in [5, 5.41) is 14.6. The van der Waals surface area contributed by atoms with Crippen molar-refractivity contribution in [1.82, 2.24) is 0 Å². The summed E-state index contributed by atoms with van der Waals surface area (Å²) in [4.78, 5) is 11.7. The lowest BCUT2D eigenvalue weighted by molar-refractivity contribution is -0.117. The third kappa shape index (κ3) is 5.52.